The van der Waals surface area contributed by atoms with Crippen molar-refractivity contribution in [1.29, 1.82) is 0 Å². The minimum atomic E-state index is 0.275. The van der Waals surface area contributed by atoms with E-state index in [1.165, 1.54) is 11.1 Å². The molecule has 138 valence electrons. The molecule has 2 aromatic heterocycles. The molecular weight excluding hydrogens is 340 g/mol. The average molecular weight is 364 g/mol. The zero-order valence-corrected chi connectivity index (χ0v) is 15.9. The lowest BCUT2D eigenvalue weighted by molar-refractivity contribution is 0.595. The third-order valence-electron chi connectivity index (χ3n) is 5.24. The first-order valence-corrected chi connectivity index (χ1v) is 9.83. The van der Waals surface area contributed by atoms with Crippen molar-refractivity contribution >= 4 is 0 Å². The van der Waals surface area contributed by atoms with E-state index in [1.807, 2.05) is 24.5 Å². The molecule has 2 heteroatoms. The van der Waals surface area contributed by atoms with Crippen molar-refractivity contribution in [3.63, 3.8) is 0 Å². The summed E-state index contributed by atoms with van der Waals surface area (Å²) >= 11 is 0. The number of nitrogens with zero attached hydrogens (tertiary/aromatic N) is 2. The van der Waals surface area contributed by atoms with Crippen LogP contribution in [0.1, 0.15) is 47.2 Å². The van der Waals surface area contributed by atoms with Gasteiger partial charge in [0, 0.05) is 35.6 Å². The minimum Gasteiger partial charge on any atom is -0.261 e. The molecule has 0 fully saturated rings. The molecule has 28 heavy (non-hydrogen) atoms. The summed E-state index contributed by atoms with van der Waals surface area (Å²) in [6.07, 6.45) is 5.80. The maximum atomic E-state index is 4.66. The second-order valence-electron chi connectivity index (χ2n) is 7.01. The molecule has 0 N–H and O–H groups in total. The van der Waals surface area contributed by atoms with Gasteiger partial charge in [-0.2, -0.15) is 0 Å². The Balaban J connectivity index is 1.64. The Hall–Kier alpha value is -3.26. The lowest BCUT2D eigenvalue weighted by Gasteiger charge is -2.22. The number of hydrogen-bond donors (Lipinski definition) is 0. The van der Waals surface area contributed by atoms with Gasteiger partial charge in [-0.05, 0) is 48.2 Å². The van der Waals surface area contributed by atoms with Crippen LogP contribution in [0, 0.1) is 0 Å². The SMILES string of the molecule is c1ccc(C(CCC(c2ccccc2)c2ccccn2)c2ccccn2)cc1. The Morgan fingerprint density at radius 3 is 1.21 bits per heavy atom. The maximum Gasteiger partial charge on any atom is 0.0478 e. The second kappa shape index (κ2) is 9.09. The van der Waals surface area contributed by atoms with Gasteiger partial charge in [-0.25, -0.2) is 0 Å². The van der Waals surface area contributed by atoms with Gasteiger partial charge in [0.15, 0.2) is 0 Å². The molecule has 0 amide bonds. The van der Waals surface area contributed by atoms with Crippen LogP contribution in [-0.2, 0) is 0 Å². The minimum absolute atomic E-state index is 0.275. The van der Waals surface area contributed by atoms with E-state index in [2.05, 4.69) is 94.9 Å². The standard InChI is InChI=1S/C26H24N2/c1-3-11-21(12-4-1)23(25-15-7-9-19-27-25)17-18-24(22-13-5-2-6-14-22)26-16-8-10-20-28-26/h1-16,19-20,23-24H,17-18H2. The van der Waals surface area contributed by atoms with Crippen molar-refractivity contribution in [3.05, 3.63) is 132 Å². The first-order valence-electron chi connectivity index (χ1n) is 9.83. The van der Waals surface area contributed by atoms with Gasteiger partial charge in [-0.1, -0.05) is 72.8 Å². The monoisotopic (exact) mass is 364 g/mol. The van der Waals surface area contributed by atoms with Gasteiger partial charge in [-0.15, -0.1) is 0 Å². The van der Waals surface area contributed by atoms with Crippen molar-refractivity contribution in [3.8, 4) is 0 Å². The van der Waals surface area contributed by atoms with E-state index in [-0.39, 0.29) is 11.8 Å². The molecule has 0 aliphatic heterocycles. The van der Waals surface area contributed by atoms with Crippen LogP contribution in [0.5, 0.6) is 0 Å². The quantitative estimate of drug-likeness (QED) is 0.389. The Kier molecular flexibility index (Phi) is 5.89. The summed E-state index contributed by atoms with van der Waals surface area (Å²) in [6, 6.07) is 33.8. The van der Waals surface area contributed by atoms with E-state index in [4.69, 9.17) is 0 Å². The summed E-state index contributed by atoms with van der Waals surface area (Å²) in [5, 5.41) is 0. The van der Waals surface area contributed by atoms with Crippen LogP contribution in [0.2, 0.25) is 0 Å². The highest BCUT2D eigenvalue weighted by Crippen LogP contribution is 2.34. The normalized spacial score (nSPS) is 13.0. The van der Waals surface area contributed by atoms with Crippen molar-refractivity contribution < 1.29 is 0 Å². The Bertz CT molecular complexity index is 792. The Morgan fingerprint density at radius 1 is 0.464 bits per heavy atom. The maximum absolute atomic E-state index is 4.66. The van der Waals surface area contributed by atoms with Crippen LogP contribution in [0.3, 0.4) is 0 Å². The summed E-state index contributed by atoms with van der Waals surface area (Å²) in [4.78, 5) is 9.33. The summed E-state index contributed by atoms with van der Waals surface area (Å²) < 4.78 is 0. The van der Waals surface area contributed by atoms with Gasteiger partial charge in [0.05, 0.1) is 0 Å². The topological polar surface area (TPSA) is 25.8 Å². The van der Waals surface area contributed by atoms with Crippen LogP contribution in [-0.4, -0.2) is 9.97 Å². The van der Waals surface area contributed by atoms with Gasteiger partial charge in [0.25, 0.3) is 0 Å². The van der Waals surface area contributed by atoms with E-state index in [9.17, 15) is 0 Å². The van der Waals surface area contributed by atoms with Gasteiger partial charge in [0.1, 0.15) is 0 Å². The molecule has 2 nitrogen and oxygen atoms in total. The number of benzene rings is 2. The fraction of sp³-hybridized carbons (Fsp3) is 0.154. The fourth-order valence-corrected chi connectivity index (χ4v) is 3.84. The molecule has 2 aromatic carbocycles. The first kappa shape index (κ1) is 18.1. The van der Waals surface area contributed by atoms with Crippen LogP contribution in [0.4, 0.5) is 0 Å². The molecule has 0 radical (unpaired) electrons. The van der Waals surface area contributed by atoms with Gasteiger partial charge in [0.2, 0.25) is 0 Å². The highest BCUT2D eigenvalue weighted by Gasteiger charge is 2.21. The zero-order valence-electron chi connectivity index (χ0n) is 15.9. The summed E-state index contributed by atoms with van der Waals surface area (Å²) in [7, 11) is 0. The van der Waals surface area contributed by atoms with E-state index >= 15 is 0 Å². The summed E-state index contributed by atoms with van der Waals surface area (Å²) in [6.45, 7) is 0. The van der Waals surface area contributed by atoms with Crippen molar-refractivity contribution in [2.24, 2.45) is 0 Å². The molecule has 0 aliphatic rings. The molecule has 2 heterocycles. The molecule has 2 unspecified atom stereocenters. The van der Waals surface area contributed by atoms with E-state index in [0.29, 0.717) is 0 Å². The summed E-state index contributed by atoms with van der Waals surface area (Å²) in [5.41, 5.74) is 4.88. The molecule has 2 atom stereocenters. The third-order valence-corrected chi connectivity index (χ3v) is 5.24. The molecular formula is C26H24N2. The number of aromatic nitrogens is 2. The molecule has 4 aromatic rings. The smallest absolute Gasteiger partial charge is 0.0478 e. The lowest BCUT2D eigenvalue weighted by atomic mass is 9.84. The first-order chi connectivity index (χ1) is 13.9. The summed E-state index contributed by atoms with van der Waals surface area (Å²) in [5.74, 6) is 0.551. The molecule has 4 rings (SSSR count). The molecule has 0 saturated carbocycles. The molecule has 0 bridgehead atoms. The molecule has 0 aliphatic carbocycles. The van der Waals surface area contributed by atoms with E-state index in [1.54, 1.807) is 0 Å². The van der Waals surface area contributed by atoms with E-state index in [0.717, 1.165) is 24.2 Å². The molecule has 0 spiro atoms. The number of hydrogen-bond acceptors (Lipinski definition) is 2. The predicted molar refractivity (Wildman–Crippen MR) is 114 cm³/mol. The highest BCUT2D eigenvalue weighted by atomic mass is 14.7. The van der Waals surface area contributed by atoms with E-state index < -0.39 is 0 Å². The van der Waals surface area contributed by atoms with Gasteiger partial charge >= 0.3 is 0 Å². The predicted octanol–water partition coefficient (Wildman–Crippen LogP) is 6.22. The fourth-order valence-electron chi connectivity index (χ4n) is 3.84. The van der Waals surface area contributed by atoms with Crippen LogP contribution in [0.15, 0.2) is 109 Å². The number of pyridine rings is 2. The Morgan fingerprint density at radius 2 is 0.857 bits per heavy atom. The highest BCUT2D eigenvalue weighted by molar-refractivity contribution is 5.31. The number of rotatable bonds is 7. The van der Waals surface area contributed by atoms with Crippen LogP contribution < -0.4 is 0 Å². The largest absolute Gasteiger partial charge is 0.261 e. The average Bonchev–Trinajstić information content (AvgIpc) is 2.79. The van der Waals surface area contributed by atoms with Crippen LogP contribution >= 0.6 is 0 Å². The van der Waals surface area contributed by atoms with Crippen molar-refractivity contribution in [1.82, 2.24) is 9.97 Å². The lowest BCUT2D eigenvalue weighted by Crippen LogP contribution is -2.09. The van der Waals surface area contributed by atoms with Crippen molar-refractivity contribution in [2.45, 2.75) is 24.7 Å². The van der Waals surface area contributed by atoms with Crippen molar-refractivity contribution in [2.75, 3.05) is 0 Å². The zero-order chi connectivity index (χ0) is 19.0. The van der Waals surface area contributed by atoms with Crippen LogP contribution in [0.25, 0.3) is 0 Å². The third kappa shape index (κ3) is 4.34. The molecule has 0 saturated heterocycles. The van der Waals surface area contributed by atoms with Gasteiger partial charge in [-0.3, -0.25) is 9.97 Å². The van der Waals surface area contributed by atoms with Gasteiger partial charge < -0.3 is 0 Å². The second-order valence-corrected chi connectivity index (χ2v) is 7.01. The Labute approximate surface area is 167 Å².